The molecular formula is C13H21N3OS. The van der Waals surface area contributed by atoms with Crippen molar-refractivity contribution in [1.82, 2.24) is 9.88 Å². The molecule has 3 rings (SSSR count). The van der Waals surface area contributed by atoms with Gasteiger partial charge in [-0.1, -0.05) is 11.3 Å². The Labute approximate surface area is 112 Å². The predicted molar refractivity (Wildman–Crippen MR) is 74.3 cm³/mol. The maximum atomic E-state index is 10.0. The fourth-order valence-corrected chi connectivity index (χ4v) is 3.91. The van der Waals surface area contributed by atoms with E-state index in [4.69, 9.17) is 4.98 Å². The van der Waals surface area contributed by atoms with Crippen molar-refractivity contribution in [3.63, 3.8) is 0 Å². The molecule has 100 valence electrons. The van der Waals surface area contributed by atoms with E-state index in [2.05, 4.69) is 23.8 Å². The van der Waals surface area contributed by atoms with Crippen LogP contribution in [0, 0.1) is 0 Å². The lowest BCUT2D eigenvalue weighted by Gasteiger charge is -2.37. The molecule has 0 aromatic carbocycles. The van der Waals surface area contributed by atoms with Gasteiger partial charge in [-0.3, -0.25) is 0 Å². The maximum Gasteiger partial charge on any atom is 0.185 e. The van der Waals surface area contributed by atoms with Gasteiger partial charge in [-0.2, -0.15) is 0 Å². The lowest BCUT2D eigenvalue weighted by Crippen LogP contribution is -2.50. The zero-order valence-electron chi connectivity index (χ0n) is 11.1. The van der Waals surface area contributed by atoms with Crippen molar-refractivity contribution in [2.45, 2.75) is 38.3 Å². The first-order chi connectivity index (χ1) is 8.65. The van der Waals surface area contributed by atoms with Crippen molar-refractivity contribution in [2.75, 3.05) is 31.6 Å². The summed E-state index contributed by atoms with van der Waals surface area (Å²) in [7, 11) is 2.18. The Bertz CT molecular complexity index is 434. The summed E-state index contributed by atoms with van der Waals surface area (Å²) in [6.45, 7) is 5.44. The lowest BCUT2D eigenvalue weighted by atomic mass is 10.0. The highest BCUT2D eigenvalue weighted by Gasteiger charge is 2.27. The van der Waals surface area contributed by atoms with E-state index in [-0.39, 0.29) is 6.10 Å². The summed E-state index contributed by atoms with van der Waals surface area (Å²) in [6, 6.07) is 0.574. The Kier molecular flexibility index (Phi) is 3.30. The summed E-state index contributed by atoms with van der Waals surface area (Å²) in [5.74, 6) is 0. The molecule has 0 spiro atoms. The van der Waals surface area contributed by atoms with Crippen molar-refractivity contribution in [3.05, 3.63) is 10.6 Å². The number of aliphatic hydroxyl groups is 1. The molecule has 1 aliphatic heterocycles. The van der Waals surface area contributed by atoms with Crippen molar-refractivity contribution in [3.8, 4) is 0 Å². The molecule has 2 heterocycles. The van der Waals surface area contributed by atoms with Crippen LogP contribution >= 0.6 is 11.3 Å². The number of rotatable bonds is 1. The van der Waals surface area contributed by atoms with Crippen LogP contribution in [-0.4, -0.2) is 47.7 Å². The lowest BCUT2D eigenvalue weighted by molar-refractivity contribution is 0.160. The first-order valence-corrected chi connectivity index (χ1v) is 7.59. The number of likely N-dealkylation sites (N-methyl/N-ethyl adjacent to an activating group) is 1. The van der Waals surface area contributed by atoms with Crippen LogP contribution in [-0.2, 0) is 6.42 Å². The van der Waals surface area contributed by atoms with E-state index in [9.17, 15) is 5.11 Å². The highest BCUT2D eigenvalue weighted by atomic mass is 32.1. The average Bonchev–Trinajstić information content (AvgIpc) is 2.78. The topological polar surface area (TPSA) is 39.6 Å². The van der Waals surface area contributed by atoms with E-state index in [1.807, 2.05) is 0 Å². The number of aromatic nitrogens is 1. The van der Waals surface area contributed by atoms with Gasteiger partial charge in [0.05, 0.1) is 16.7 Å². The number of hydrogen-bond donors (Lipinski definition) is 1. The van der Waals surface area contributed by atoms with E-state index in [1.54, 1.807) is 11.3 Å². The van der Waals surface area contributed by atoms with Gasteiger partial charge in [-0.05, 0) is 33.2 Å². The third kappa shape index (κ3) is 2.15. The summed E-state index contributed by atoms with van der Waals surface area (Å²) in [6.07, 6.45) is 2.72. The minimum atomic E-state index is -0.273. The number of fused-ring (bicyclic) bond motifs is 1. The highest BCUT2D eigenvalue weighted by molar-refractivity contribution is 7.15. The smallest absolute Gasteiger partial charge is 0.185 e. The Morgan fingerprint density at radius 1 is 1.39 bits per heavy atom. The summed E-state index contributed by atoms with van der Waals surface area (Å²) >= 11 is 1.70. The molecule has 1 fully saturated rings. The Morgan fingerprint density at radius 3 is 2.94 bits per heavy atom. The molecule has 1 aliphatic carbocycles. The fraction of sp³-hybridized carbons (Fsp3) is 0.769. The molecule has 0 saturated carbocycles. The van der Waals surface area contributed by atoms with Crippen molar-refractivity contribution >= 4 is 16.5 Å². The average molecular weight is 267 g/mol. The van der Waals surface area contributed by atoms with Gasteiger partial charge in [0.2, 0.25) is 0 Å². The third-order valence-electron chi connectivity index (χ3n) is 4.14. The SMILES string of the molecule is CC1CN(c2nc3c(s2)C(O)CCC3)CCN1C. The van der Waals surface area contributed by atoms with E-state index >= 15 is 0 Å². The Hall–Kier alpha value is -0.650. The summed E-state index contributed by atoms with van der Waals surface area (Å²) in [5.41, 5.74) is 1.14. The van der Waals surface area contributed by atoms with Crippen LogP contribution in [0.5, 0.6) is 0 Å². The minimum Gasteiger partial charge on any atom is -0.388 e. The molecule has 5 heteroatoms. The third-order valence-corrected chi connectivity index (χ3v) is 5.40. The summed E-state index contributed by atoms with van der Waals surface area (Å²) in [5, 5.41) is 11.1. The second kappa shape index (κ2) is 4.79. The van der Waals surface area contributed by atoms with Gasteiger partial charge >= 0.3 is 0 Å². The van der Waals surface area contributed by atoms with E-state index in [0.29, 0.717) is 6.04 Å². The summed E-state index contributed by atoms with van der Waals surface area (Å²) < 4.78 is 0. The monoisotopic (exact) mass is 267 g/mol. The Balaban J connectivity index is 1.81. The molecule has 1 N–H and O–H groups in total. The minimum absolute atomic E-state index is 0.273. The second-order valence-corrected chi connectivity index (χ2v) is 6.50. The van der Waals surface area contributed by atoms with Crippen molar-refractivity contribution < 1.29 is 5.11 Å². The molecule has 0 amide bonds. The van der Waals surface area contributed by atoms with Crippen LogP contribution in [0.3, 0.4) is 0 Å². The number of nitrogens with zero attached hydrogens (tertiary/aromatic N) is 3. The van der Waals surface area contributed by atoms with Crippen LogP contribution in [0.4, 0.5) is 5.13 Å². The van der Waals surface area contributed by atoms with E-state index < -0.39 is 0 Å². The number of aliphatic hydroxyl groups excluding tert-OH is 1. The fourth-order valence-electron chi connectivity index (χ4n) is 2.74. The van der Waals surface area contributed by atoms with E-state index in [0.717, 1.165) is 54.6 Å². The highest BCUT2D eigenvalue weighted by Crippen LogP contribution is 2.37. The first kappa shape index (κ1) is 12.4. The molecule has 4 nitrogen and oxygen atoms in total. The molecular weight excluding hydrogens is 246 g/mol. The molecule has 2 unspecified atom stereocenters. The van der Waals surface area contributed by atoms with Gasteiger partial charge < -0.3 is 14.9 Å². The largest absolute Gasteiger partial charge is 0.388 e. The number of aryl methyl sites for hydroxylation is 1. The standard InChI is InChI=1S/C13H21N3OS/c1-9-8-16(7-6-15(9)2)13-14-10-4-3-5-11(17)12(10)18-13/h9,11,17H,3-8H2,1-2H3. The van der Waals surface area contributed by atoms with Crippen LogP contribution in [0.15, 0.2) is 0 Å². The van der Waals surface area contributed by atoms with Crippen LogP contribution in [0.2, 0.25) is 0 Å². The molecule has 0 radical (unpaired) electrons. The normalized spacial score (nSPS) is 29.4. The van der Waals surface area contributed by atoms with Gasteiger partial charge in [-0.15, -0.1) is 0 Å². The molecule has 18 heavy (non-hydrogen) atoms. The maximum absolute atomic E-state index is 10.0. The van der Waals surface area contributed by atoms with Crippen molar-refractivity contribution in [1.29, 1.82) is 0 Å². The number of anilines is 1. The molecule has 2 aliphatic rings. The summed E-state index contributed by atoms with van der Waals surface area (Å²) in [4.78, 5) is 10.6. The van der Waals surface area contributed by atoms with Gasteiger partial charge in [0.25, 0.3) is 0 Å². The quantitative estimate of drug-likeness (QED) is 0.840. The molecule has 2 atom stereocenters. The first-order valence-electron chi connectivity index (χ1n) is 6.78. The van der Waals surface area contributed by atoms with Gasteiger partial charge in [-0.25, -0.2) is 4.98 Å². The molecule has 1 aromatic rings. The van der Waals surface area contributed by atoms with Gasteiger partial charge in [0, 0.05) is 25.7 Å². The van der Waals surface area contributed by atoms with Crippen LogP contribution in [0.1, 0.15) is 36.4 Å². The van der Waals surface area contributed by atoms with Crippen LogP contribution < -0.4 is 4.90 Å². The zero-order chi connectivity index (χ0) is 12.7. The number of thiazole rings is 1. The number of piperazine rings is 1. The second-order valence-electron chi connectivity index (χ2n) is 5.49. The molecule has 0 bridgehead atoms. The zero-order valence-corrected chi connectivity index (χ0v) is 11.9. The number of hydrogen-bond acceptors (Lipinski definition) is 5. The van der Waals surface area contributed by atoms with Gasteiger partial charge in [0.1, 0.15) is 0 Å². The van der Waals surface area contributed by atoms with E-state index in [1.165, 1.54) is 0 Å². The predicted octanol–water partition coefficient (Wildman–Crippen LogP) is 1.65. The van der Waals surface area contributed by atoms with Crippen LogP contribution in [0.25, 0.3) is 0 Å². The Morgan fingerprint density at radius 2 is 2.22 bits per heavy atom. The van der Waals surface area contributed by atoms with Crippen molar-refractivity contribution in [2.24, 2.45) is 0 Å². The molecule has 1 aromatic heterocycles. The van der Waals surface area contributed by atoms with Gasteiger partial charge in [0.15, 0.2) is 5.13 Å². The molecule has 1 saturated heterocycles.